The lowest BCUT2D eigenvalue weighted by atomic mass is 10.1. The number of phosphoric acid groups is 1. The molecule has 0 aromatic carbocycles. The van der Waals surface area contributed by atoms with Gasteiger partial charge < -0.3 is 27.9 Å². The van der Waals surface area contributed by atoms with Crippen LogP contribution in [0.3, 0.4) is 0 Å². The molecular weight excluding hydrogens is 1060 g/mol. The van der Waals surface area contributed by atoms with Gasteiger partial charge in [-0.2, -0.15) is 0 Å². The summed E-state index contributed by atoms with van der Waals surface area (Å²) < 4.78 is 34.2. The number of phosphoric ester groups is 1. The molecule has 84 heavy (non-hydrogen) atoms. The van der Waals surface area contributed by atoms with Crippen molar-refractivity contribution in [3.63, 3.8) is 0 Å². The third kappa shape index (κ3) is 66.3. The monoisotopic (exact) mass is 1180 g/mol. The lowest BCUT2D eigenvalue weighted by Crippen LogP contribution is -2.37. The van der Waals surface area contributed by atoms with E-state index in [4.69, 9.17) is 18.5 Å². The number of carbonyl (C=O) groups excluding carboxylic acids is 2. The molecule has 0 heterocycles. The molecule has 0 bridgehead atoms. The van der Waals surface area contributed by atoms with Crippen LogP contribution < -0.4 is 4.89 Å². The number of hydrogen-bond donors (Lipinski definition) is 0. The van der Waals surface area contributed by atoms with Crippen LogP contribution in [0.2, 0.25) is 0 Å². The van der Waals surface area contributed by atoms with Crippen molar-refractivity contribution < 1.29 is 42.1 Å². The number of likely N-dealkylation sites (N-methyl/N-ethyl adjacent to an activating group) is 1. The molecule has 0 spiro atoms. The molecule has 2 atom stereocenters. The zero-order chi connectivity index (χ0) is 61.2. The van der Waals surface area contributed by atoms with Gasteiger partial charge in [0.25, 0.3) is 7.82 Å². The van der Waals surface area contributed by atoms with Crippen LogP contribution in [0, 0.1) is 0 Å². The maximum Gasteiger partial charge on any atom is 0.306 e. The highest BCUT2D eigenvalue weighted by Gasteiger charge is 2.22. The predicted molar refractivity (Wildman–Crippen MR) is 359 cm³/mol. The van der Waals surface area contributed by atoms with Crippen molar-refractivity contribution in [1.29, 1.82) is 0 Å². The molecule has 0 aliphatic heterocycles. The van der Waals surface area contributed by atoms with Crippen molar-refractivity contribution in [2.24, 2.45) is 0 Å². The normalized spacial score (nSPS) is 14.4. The number of carbonyl (C=O) groups is 2. The Morgan fingerprint density at radius 2 is 0.643 bits per heavy atom. The van der Waals surface area contributed by atoms with Crippen LogP contribution in [0.25, 0.3) is 0 Å². The molecule has 0 aliphatic carbocycles. The first kappa shape index (κ1) is 79.1. The Bertz CT molecular complexity index is 2070. The van der Waals surface area contributed by atoms with Gasteiger partial charge in [-0.3, -0.25) is 14.2 Å². The second kappa shape index (κ2) is 62.6. The van der Waals surface area contributed by atoms with E-state index in [0.717, 1.165) is 148 Å². The van der Waals surface area contributed by atoms with E-state index >= 15 is 0 Å². The minimum atomic E-state index is -4.66. The lowest BCUT2D eigenvalue weighted by Gasteiger charge is -2.28. The maximum atomic E-state index is 12.8. The van der Waals surface area contributed by atoms with Gasteiger partial charge in [-0.05, 0) is 135 Å². The summed E-state index contributed by atoms with van der Waals surface area (Å²) in [6.45, 7) is 3.95. The molecule has 0 saturated heterocycles. The fourth-order valence-electron chi connectivity index (χ4n) is 8.00. The van der Waals surface area contributed by atoms with E-state index in [2.05, 4.69) is 196 Å². The second-order valence-electron chi connectivity index (χ2n) is 22.0. The zero-order valence-corrected chi connectivity index (χ0v) is 54.4. The number of allylic oxidation sites excluding steroid dienone is 30. The highest BCUT2D eigenvalue weighted by molar-refractivity contribution is 7.45. The fourth-order valence-corrected chi connectivity index (χ4v) is 8.73. The first-order valence-electron chi connectivity index (χ1n) is 32.5. The molecular formula is C74H118NO8P. The first-order valence-corrected chi connectivity index (χ1v) is 34.0. The summed E-state index contributed by atoms with van der Waals surface area (Å²) in [5.41, 5.74) is 0. The highest BCUT2D eigenvalue weighted by atomic mass is 31.2. The SMILES string of the molecule is CC/C=C\C/C=C\C/C=C\C/C=C\C/C=C\C/C=C\C/C=C\C/C=C\C/C=C\CCCCCCCCCCCC(=O)OC(COC(=O)CCCCCC/C=C\C/C=C\C/C=C\C/C=C\C/C=C\C/C=C\CC)COP(=O)([O-])OCC[N+](C)(C)C. The Morgan fingerprint density at radius 3 is 0.952 bits per heavy atom. The fraction of sp³-hybridized carbons (Fsp3) is 0.568. The molecule has 0 fully saturated rings. The molecule has 472 valence electrons. The summed E-state index contributed by atoms with van der Waals surface area (Å²) >= 11 is 0. The van der Waals surface area contributed by atoms with Gasteiger partial charge in [-0.15, -0.1) is 0 Å². The van der Waals surface area contributed by atoms with Gasteiger partial charge in [0.1, 0.15) is 19.8 Å². The molecule has 9 nitrogen and oxygen atoms in total. The van der Waals surface area contributed by atoms with Gasteiger partial charge in [-0.25, -0.2) is 0 Å². The van der Waals surface area contributed by atoms with Gasteiger partial charge in [0.15, 0.2) is 6.10 Å². The van der Waals surface area contributed by atoms with Gasteiger partial charge in [0, 0.05) is 12.8 Å². The van der Waals surface area contributed by atoms with Gasteiger partial charge in [-0.1, -0.05) is 254 Å². The molecule has 0 rings (SSSR count). The van der Waals surface area contributed by atoms with Gasteiger partial charge >= 0.3 is 11.9 Å². The lowest BCUT2D eigenvalue weighted by molar-refractivity contribution is -0.870. The van der Waals surface area contributed by atoms with Crippen molar-refractivity contribution in [3.8, 4) is 0 Å². The molecule has 0 radical (unpaired) electrons. The average Bonchev–Trinajstić information content (AvgIpc) is 3.61. The number of nitrogens with zero attached hydrogens (tertiary/aromatic N) is 1. The topological polar surface area (TPSA) is 111 Å². The summed E-state index contributed by atoms with van der Waals surface area (Å²) in [4.78, 5) is 38.0. The third-order valence-electron chi connectivity index (χ3n) is 12.9. The largest absolute Gasteiger partial charge is 0.756 e. The van der Waals surface area contributed by atoms with Crippen molar-refractivity contribution in [2.45, 2.75) is 225 Å². The summed E-state index contributed by atoms with van der Waals surface area (Å²) in [6.07, 6.45) is 96.6. The number of rotatable bonds is 57. The molecule has 10 heteroatoms. The van der Waals surface area contributed by atoms with Crippen molar-refractivity contribution >= 4 is 19.8 Å². The number of esters is 2. The van der Waals surface area contributed by atoms with Gasteiger partial charge in [0.05, 0.1) is 27.7 Å². The number of ether oxygens (including phenoxy) is 2. The zero-order valence-electron chi connectivity index (χ0n) is 53.5. The summed E-state index contributed by atoms with van der Waals surface area (Å²) in [6, 6.07) is 0. The maximum absolute atomic E-state index is 12.8. The molecule has 0 aromatic rings. The van der Waals surface area contributed by atoms with E-state index in [9.17, 15) is 19.0 Å². The summed E-state index contributed by atoms with van der Waals surface area (Å²) in [5.74, 6) is -0.884. The van der Waals surface area contributed by atoms with Crippen molar-refractivity contribution in [1.82, 2.24) is 0 Å². The molecule has 0 saturated carbocycles. The van der Waals surface area contributed by atoms with E-state index < -0.39 is 32.5 Å². The van der Waals surface area contributed by atoms with E-state index in [-0.39, 0.29) is 26.1 Å². The van der Waals surface area contributed by atoms with Crippen LogP contribution in [0.1, 0.15) is 219 Å². The Morgan fingerprint density at radius 1 is 0.369 bits per heavy atom. The Balaban J connectivity index is 4.21. The molecule has 2 unspecified atom stereocenters. The van der Waals surface area contributed by atoms with E-state index in [1.807, 2.05) is 21.1 Å². The summed E-state index contributed by atoms with van der Waals surface area (Å²) in [5, 5.41) is 0. The highest BCUT2D eigenvalue weighted by Crippen LogP contribution is 2.38. The van der Waals surface area contributed by atoms with Crippen molar-refractivity contribution in [3.05, 3.63) is 182 Å². The van der Waals surface area contributed by atoms with Crippen LogP contribution in [-0.4, -0.2) is 70.0 Å². The standard InChI is InChI=1S/C74H118NO8P/c1-6-8-10-12-14-16-18-20-22-24-26-28-30-31-32-33-34-35-36-37-38-39-40-41-42-43-45-47-49-51-53-55-57-59-61-63-65-67-74(77)83-72(71-82-84(78,79)81-69-68-75(3,4)5)70-80-73(76)66-64-62-60-58-56-54-52-50-48-46-44-29-27-25-23-21-19-17-15-13-11-9-7-2/h8-11,14-17,20-23,26-29,31-32,34-35,37-38,40-41,43,45-46,48,52,54,72H,6-7,12-13,18-19,24-25,30,33,36,39,42,44,47,49-51,53,55-71H2,1-5H3/b10-8-,11-9-,16-14-,17-15-,22-20-,23-21-,28-26-,29-27-,32-31-,35-34-,38-37-,41-40-,45-43-,48-46-,54-52-. The van der Waals surface area contributed by atoms with Crippen LogP contribution in [0.4, 0.5) is 0 Å². The van der Waals surface area contributed by atoms with E-state index in [1.165, 1.54) is 32.1 Å². The Hall–Kier alpha value is -4.89. The van der Waals surface area contributed by atoms with E-state index in [1.54, 1.807) is 0 Å². The molecule has 0 amide bonds. The Labute approximate surface area is 514 Å². The van der Waals surface area contributed by atoms with Crippen molar-refractivity contribution in [2.75, 3.05) is 47.5 Å². The number of unbranched alkanes of at least 4 members (excludes halogenated alkanes) is 13. The summed E-state index contributed by atoms with van der Waals surface area (Å²) in [7, 11) is 1.12. The predicted octanol–water partition coefficient (Wildman–Crippen LogP) is 20.5. The molecule has 0 aliphatic rings. The molecule has 0 aromatic heterocycles. The Kier molecular flexibility index (Phi) is 59.0. The van der Waals surface area contributed by atoms with Crippen LogP contribution in [-0.2, 0) is 32.7 Å². The van der Waals surface area contributed by atoms with Gasteiger partial charge in [0.2, 0.25) is 0 Å². The molecule has 0 N–H and O–H groups in total. The smallest absolute Gasteiger partial charge is 0.306 e. The van der Waals surface area contributed by atoms with Crippen LogP contribution in [0.15, 0.2) is 182 Å². The number of quaternary nitrogens is 1. The minimum Gasteiger partial charge on any atom is -0.756 e. The van der Waals surface area contributed by atoms with Crippen LogP contribution in [0.5, 0.6) is 0 Å². The number of hydrogen-bond acceptors (Lipinski definition) is 8. The third-order valence-corrected chi connectivity index (χ3v) is 13.9. The van der Waals surface area contributed by atoms with Crippen LogP contribution >= 0.6 is 7.82 Å². The second-order valence-corrected chi connectivity index (χ2v) is 23.4. The average molecular weight is 1180 g/mol. The minimum absolute atomic E-state index is 0.0471. The first-order chi connectivity index (χ1) is 41.0. The quantitative estimate of drug-likeness (QED) is 0.0195. The van der Waals surface area contributed by atoms with E-state index in [0.29, 0.717) is 23.9 Å².